The van der Waals surface area contributed by atoms with Crippen molar-refractivity contribution < 1.29 is 27.6 Å². The molecule has 0 radical (unpaired) electrons. The topological polar surface area (TPSA) is 88.5 Å². The van der Waals surface area contributed by atoms with Crippen molar-refractivity contribution in [1.29, 1.82) is 0 Å². The number of imide groups is 1. The largest absolute Gasteiger partial charge is 0.418 e. The first-order valence-corrected chi connectivity index (χ1v) is 16.6. The van der Waals surface area contributed by atoms with Crippen LogP contribution in [0.1, 0.15) is 21.9 Å². The Morgan fingerprint density at radius 2 is 1.60 bits per heavy atom. The molecule has 2 aliphatic rings. The lowest BCUT2D eigenvalue weighted by Crippen LogP contribution is -2.33. The summed E-state index contributed by atoms with van der Waals surface area (Å²) in [5.41, 5.74) is -0.884. The Hall–Kier alpha value is -4.10. The molecule has 0 spiro atoms. The predicted molar refractivity (Wildman–Crippen MR) is 177 cm³/mol. The third kappa shape index (κ3) is 5.42. The highest BCUT2D eigenvalue weighted by Gasteiger charge is 2.58. The Balaban J connectivity index is 1.30. The number of amides is 3. The molecule has 3 heterocycles. The number of thiazole rings is 1. The van der Waals surface area contributed by atoms with E-state index in [2.05, 4.69) is 5.32 Å². The molecule has 5 aromatic rings. The summed E-state index contributed by atoms with van der Waals surface area (Å²) in [6.07, 6.45) is -4.84. The van der Waals surface area contributed by atoms with Gasteiger partial charge in [-0.2, -0.15) is 13.2 Å². The van der Waals surface area contributed by atoms with Crippen LogP contribution in [0, 0.1) is 5.92 Å². The van der Waals surface area contributed by atoms with Crippen LogP contribution in [-0.2, 0) is 27.1 Å². The molecular weight excluding hydrogens is 694 g/mol. The van der Waals surface area contributed by atoms with Gasteiger partial charge in [-0.25, -0.2) is 4.90 Å². The minimum Gasteiger partial charge on any atom is -0.325 e. The van der Waals surface area contributed by atoms with Gasteiger partial charge in [0.25, 0.3) is 0 Å². The molecule has 3 atom stereocenters. The Bertz CT molecular complexity index is 2180. The number of thioether (sulfide) groups is 1. The third-order valence-electron chi connectivity index (χ3n) is 8.15. The van der Waals surface area contributed by atoms with Crippen LogP contribution in [-0.4, -0.2) is 27.5 Å². The van der Waals surface area contributed by atoms with E-state index in [1.807, 2.05) is 30.3 Å². The van der Waals surface area contributed by atoms with Gasteiger partial charge in [0.05, 0.1) is 32.2 Å². The summed E-state index contributed by atoms with van der Waals surface area (Å²) >= 11 is 14.6. The number of hydrogen-bond acceptors (Lipinski definition) is 6. The number of alkyl halides is 3. The number of fused-ring (bicyclic) bond motifs is 3. The summed E-state index contributed by atoms with van der Waals surface area (Å²) in [5, 5.41) is 3.94. The van der Waals surface area contributed by atoms with Gasteiger partial charge in [0.1, 0.15) is 11.8 Å². The minimum atomic E-state index is -4.84. The zero-order chi connectivity index (χ0) is 33.2. The number of carbonyl (C=O) groups is 3. The van der Waals surface area contributed by atoms with E-state index in [1.54, 1.807) is 24.3 Å². The molecule has 2 aliphatic heterocycles. The molecule has 1 saturated heterocycles. The van der Waals surface area contributed by atoms with E-state index in [9.17, 15) is 32.3 Å². The fraction of sp³-hybridized carbons (Fsp3) is 0.152. The zero-order valence-corrected chi connectivity index (χ0v) is 26.9. The van der Waals surface area contributed by atoms with Crippen LogP contribution < -0.4 is 15.1 Å². The first-order valence-electron chi connectivity index (χ1n) is 14.1. The van der Waals surface area contributed by atoms with Crippen LogP contribution in [0.2, 0.25) is 10.0 Å². The fourth-order valence-corrected chi connectivity index (χ4v) is 9.30. The molecule has 1 N–H and O–H groups in total. The summed E-state index contributed by atoms with van der Waals surface area (Å²) in [5.74, 6) is -4.48. The van der Waals surface area contributed by atoms with Crippen molar-refractivity contribution in [2.75, 3.05) is 10.2 Å². The summed E-state index contributed by atoms with van der Waals surface area (Å²) in [6.45, 7) is -0.416. The van der Waals surface area contributed by atoms with Gasteiger partial charge in [-0.05, 0) is 46.7 Å². The molecule has 4 aromatic carbocycles. The van der Waals surface area contributed by atoms with Crippen molar-refractivity contribution in [2.45, 2.75) is 28.9 Å². The molecule has 3 amide bonds. The van der Waals surface area contributed by atoms with Gasteiger partial charge in [-0.15, -0.1) is 0 Å². The Labute approximate surface area is 282 Å². The fourth-order valence-electron chi connectivity index (χ4n) is 6.11. The van der Waals surface area contributed by atoms with E-state index in [1.165, 1.54) is 22.8 Å². The van der Waals surface area contributed by atoms with Crippen molar-refractivity contribution in [2.24, 2.45) is 5.92 Å². The highest BCUT2D eigenvalue weighted by atomic mass is 35.5. The van der Waals surface area contributed by atoms with Gasteiger partial charge in [0.2, 0.25) is 17.7 Å². The number of nitrogens with one attached hydrogen (secondary N) is 1. The monoisotopic (exact) mass is 713 g/mol. The highest BCUT2D eigenvalue weighted by Crippen LogP contribution is 2.56. The second-order valence-electron chi connectivity index (χ2n) is 10.9. The van der Waals surface area contributed by atoms with Gasteiger partial charge < -0.3 is 5.32 Å². The molecule has 238 valence electrons. The van der Waals surface area contributed by atoms with Crippen LogP contribution in [0.4, 0.5) is 24.5 Å². The summed E-state index contributed by atoms with van der Waals surface area (Å²) in [4.78, 5) is 55.2. The maximum Gasteiger partial charge on any atom is 0.418 e. The average molecular weight is 715 g/mol. The lowest BCUT2D eigenvalue weighted by Gasteiger charge is -2.31. The van der Waals surface area contributed by atoms with Crippen LogP contribution in [0.5, 0.6) is 0 Å². The van der Waals surface area contributed by atoms with Crippen LogP contribution in [0.15, 0.2) is 94.7 Å². The Morgan fingerprint density at radius 3 is 2.36 bits per heavy atom. The van der Waals surface area contributed by atoms with Gasteiger partial charge in [-0.1, -0.05) is 101 Å². The molecule has 0 saturated carbocycles. The Kier molecular flexibility index (Phi) is 7.94. The number of halogens is 5. The lowest BCUT2D eigenvalue weighted by atomic mass is 9.83. The average Bonchev–Trinajstić information content (AvgIpc) is 3.48. The summed E-state index contributed by atoms with van der Waals surface area (Å²) in [7, 11) is 0. The van der Waals surface area contributed by atoms with Gasteiger partial charge in [0.15, 0.2) is 0 Å². The van der Waals surface area contributed by atoms with E-state index in [0.29, 0.717) is 21.0 Å². The van der Waals surface area contributed by atoms with E-state index in [4.69, 9.17) is 23.2 Å². The normalized spacial score (nSPS) is 19.2. The quantitative estimate of drug-likeness (QED) is 0.188. The van der Waals surface area contributed by atoms with E-state index >= 15 is 0 Å². The zero-order valence-electron chi connectivity index (χ0n) is 23.8. The van der Waals surface area contributed by atoms with E-state index in [-0.39, 0.29) is 15.1 Å². The van der Waals surface area contributed by atoms with E-state index < -0.39 is 63.7 Å². The molecule has 7 rings (SSSR count). The number of hydrogen-bond donors (Lipinski definition) is 1. The summed E-state index contributed by atoms with van der Waals surface area (Å²) < 4.78 is 43.3. The van der Waals surface area contributed by atoms with Crippen molar-refractivity contribution in [3.8, 4) is 0 Å². The predicted octanol–water partition coefficient (Wildman–Crippen LogP) is 7.82. The third-order valence-corrected chi connectivity index (χ3v) is 11.6. The number of rotatable bonds is 5. The molecule has 1 aromatic heterocycles. The highest BCUT2D eigenvalue weighted by molar-refractivity contribution is 8.00. The van der Waals surface area contributed by atoms with Gasteiger partial charge >= 0.3 is 11.0 Å². The standard InChI is InChI=1S/C33H20Cl2F3N3O4S2/c34-21-10-5-8-19(26(21)35)24-25-27(30(44)41(29(25)43)22-11-4-3-9-20(22)33(36,37)38)46-31-28(24)47-32(45)40(31)15-23(42)39-18-13-12-16-6-1-2-7-17(16)14-18/h1-14,24-25,27H,15H2,(H,39,42). The number of benzene rings is 4. The number of carbonyl (C=O) groups excluding carboxylic acids is 3. The van der Waals surface area contributed by atoms with Crippen molar-refractivity contribution in [1.82, 2.24) is 4.57 Å². The summed E-state index contributed by atoms with van der Waals surface area (Å²) in [6, 6.07) is 22.1. The van der Waals surface area contributed by atoms with Crippen molar-refractivity contribution in [3.05, 3.63) is 121 Å². The Morgan fingerprint density at radius 1 is 0.872 bits per heavy atom. The van der Waals surface area contributed by atoms with Crippen molar-refractivity contribution in [3.63, 3.8) is 0 Å². The SMILES string of the molecule is O=C(Cn1c2c(sc1=O)C(c1cccc(Cl)c1Cl)C1C(=O)N(c3ccccc3C(F)(F)F)C(=O)C1S2)Nc1ccc2ccccc2c1. The first-order chi connectivity index (χ1) is 22.4. The number of nitrogens with zero attached hydrogens (tertiary/aromatic N) is 2. The molecular formula is C33H20Cl2F3N3O4S2. The maximum atomic E-state index is 14.1. The number of aromatic nitrogens is 1. The first kappa shape index (κ1) is 31.5. The molecule has 0 aliphatic carbocycles. The number of anilines is 2. The van der Waals surface area contributed by atoms with Crippen LogP contribution in [0.25, 0.3) is 10.8 Å². The van der Waals surface area contributed by atoms with Crippen LogP contribution >= 0.6 is 46.3 Å². The van der Waals surface area contributed by atoms with E-state index in [0.717, 1.165) is 46.0 Å². The molecule has 47 heavy (non-hydrogen) atoms. The molecule has 0 bridgehead atoms. The number of para-hydroxylation sites is 1. The van der Waals surface area contributed by atoms with Crippen LogP contribution in [0.3, 0.4) is 0 Å². The second-order valence-corrected chi connectivity index (χ2v) is 13.9. The maximum absolute atomic E-state index is 14.1. The lowest BCUT2D eigenvalue weighted by molar-refractivity contribution is -0.137. The van der Waals surface area contributed by atoms with Crippen molar-refractivity contribution >= 4 is 86.2 Å². The molecule has 7 nitrogen and oxygen atoms in total. The second kappa shape index (κ2) is 11.9. The van der Waals surface area contributed by atoms with Gasteiger partial charge in [-0.3, -0.25) is 23.7 Å². The van der Waals surface area contributed by atoms with Gasteiger partial charge in [0, 0.05) is 16.5 Å². The molecule has 1 fully saturated rings. The minimum absolute atomic E-state index is 0.0756. The smallest absolute Gasteiger partial charge is 0.325 e. The molecule has 14 heteroatoms. The molecule has 3 unspecified atom stereocenters.